The van der Waals surface area contributed by atoms with Crippen molar-refractivity contribution in [1.82, 2.24) is 10.6 Å². The molecule has 20 heavy (non-hydrogen) atoms. The van der Waals surface area contributed by atoms with E-state index in [1.165, 1.54) is 5.56 Å². The predicted molar refractivity (Wildman–Crippen MR) is 77.4 cm³/mol. The quantitative estimate of drug-likeness (QED) is 0.717. The van der Waals surface area contributed by atoms with Crippen LogP contribution in [0, 0.1) is 0 Å². The van der Waals surface area contributed by atoms with Gasteiger partial charge in [0.2, 0.25) is 11.8 Å². The highest BCUT2D eigenvalue weighted by Crippen LogP contribution is 2.47. The van der Waals surface area contributed by atoms with Crippen LogP contribution in [0.25, 0.3) is 0 Å². The summed E-state index contributed by atoms with van der Waals surface area (Å²) in [7, 11) is 0. The number of halogens is 1. The van der Waals surface area contributed by atoms with E-state index in [1.54, 1.807) is 0 Å². The minimum atomic E-state index is -0.334. The van der Waals surface area contributed by atoms with E-state index in [0.29, 0.717) is 11.6 Å². The Morgan fingerprint density at radius 3 is 2.35 bits per heavy atom. The van der Waals surface area contributed by atoms with Crippen LogP contribution in [0.3, 0.4) is 0 Å². The lowest BCUT2D eigenvalue weighted by Crippen LogP contribution is -2.41. The lowest BCUT2D eigenvalue weighted by atomic mass is 9.96. The molecular weight excluding hydrogens is 278 g/mol. The number of nitrogens with one attached hydrogen (secondary N) is 2. The smallest absolute Gasteiger partial charge is 0.239 e. The highest BCUT2D eigenvalue weighted by atomic mass is 35.5. The van der Waals surface area contributed by atoms with Crippen LogP contribution in [-0.4, -0.2) is 31.4 Å². The van der Waals surface area contributed by atoms with Gasteiger partial charge in [-0.1, -0.05) is 23.7 Å². The molecule has 0 saturated heterocycles. The van der Waals surface area contributed by atoms with Gasteiger partial charge in [0.25, 0.3) is 0 Å². The van der Waals surface area contributed by atoms with E-state index in [-0.39, 0.29) is 30.3 Å². The Kier molecular flexibility index (Phi) is 4.62. The van der Waals surface area contributed by atoms with E-state index >= 15 is 0 Å². The van der Waals surface area contributed by atoms with Crippen LogP contribution in [-0.2, 0) is 15.0 Å². The second-order valence-electron chi connectivity index (χ2n) is 5.04. The maximum Gasteiger partial charge on any atom is 0.239 e. The van der Waals surface area contributed by atoms with Gasteiger partial charge >= 0.3 is 0 Å². The molecule has 2 amide bonds. The van der Waals surface area contributed by atoms with Gasteiger partial charge in [0.1, 0.15) is 0 Å². The molecule has 0 spiro atoms. The van der Waals surface area contributed by atoms with Crippen molar-refractivity contribution >= 4 is 23.4 Å². The Morgan fingerprint density at radius 2 is 1.80 bits per heavy atom. The fourth-order valence-corrected chi connectivity index (χ4v) is 2.23. The normalized spacial score (nSPS) is 15.5. The molecule has 1 aliphatic carbocycles. The monoisotopic (exact) mass is 295 g/mol. The van der Waals surface area contributed by atoms with Crippen molar-refractivity contribution in [2.24, 2.45) is 5.73 Å². The van der Waals surface area contributed by atoms with Crippen LogP contribution in [0.4, 0.5) is 0 Å². The van der Waals surface area contributed by atoms with Crippen molar-refractivity contribution in [3.8, 4) is 0 Å². The van der Waals surface area contributed by atoms with Crippen LogP contribution in [0.15, 0.2) is 24.3 Å². The summed E-state index contributed by atoms with van der Waals surface area (Å²) in [6, 6.07) is 7.72. The third-order valence-corrected chi connectivity index (χ3v) is 3.82. The molecule has 5 nitrogen and oxygen atoms in total. The molecule has 0 aliphatic heterocycles. The fraction of sp³-hybridized carbons (Fsp3) is 0.429. The van der Waals surface area contributed by atoms with Crippen LogP contribution in [0.1, 0.15) is 18.4 Å². The first-order valence-electron chi connectivity index (χ1n) is 6.55. The number of benzene rings is 1. The highest BCUT2D eigenvalue weighted by Gasteiger charge is 2.44. The molecule has 0 atom stereocenters. The fourth-order valence-electron chi connectivity index (χ4n) is 2.10. The Balaban J connectivity index is 1.83. The lowest BCUT2D eigenvalue weighted by Gasteiger charge is -2.17. The molecule has 0 unspecified atom stereocenters. The van der Waals surface area contributed by atoms with E-state index in [4.69, 9.17) is 17.3 Å². The van der Waals surface area contributed by atoms with E-state index in [9.17, 15) is 9.59 Å². The molecule has 0 aromatic heterocycles. The van der Waals surface area contributed by atoms with Gasteiger partial charge in [0.05, 0.1) is 13.1 Å². The number of nitrogens with two attached hydrogens (primary N) is 1. The molecule has 2 rings (SSSR count). The standard InChI is InChI=1S/C14H18ClN3O2/c15-11-3-1-10(2-4-11)14(5-6-14)9-18-13(20)8-17-12(19)7-16/h1-4H,5-9,16H2,(H,17,19)(H,18,20). The van der Waals surface area contributed by atoms with Crippen molar-refractivity contribution < 1.29 is 9.59 Å². The van der Waals surface area contributed by atoms with Crippen molar-refractivity contribution in [3.63, 3.8) is 0 Å². The maximum absolute atomic E-state index is 11.6. The zero-order valence-corrected chi connectivity index (χ0v) is 11.9. The molecule has 1 fully saturated rings. The minimum absolute atomic E-state index is 0.0259. The summed E-state index contributed by atoms with van der Waals surface area (Å²) in [4.78, 5) is 22.6. The van der Waals surface area contributed by atoms with E-state index in [0.717, 1.165) is 12.8 Å². The zero-order valence-electron chi connectivity index (χ0n) is 11.1. The summed E-state index contributed by atoms with van der Waals surface area (Å²) in [5.74, 6) is -0.536. The van der Waals surface area contributed by atoms with Crippen LogP contribution >= 0.6 is 11.6 Å². The third kappa shape index (κ3) is 3.71. The predicted octanol–water partition coefficient (Wildman–Crippen LogP) is 0.563. The van der Waals surface area contributed by atoms with Gasteiger partial charge in [0, 0.05) is 17.0 Å². The summed E-state index contributed by atoms with van der Waals surface area (Å²) < 4.78 is 0. The minimum Gasteiger partial charge on any atom is -0.354 e. The molecule has 1 aromatic carbocycles. The number of rotatable bonds is 6. The molecule has 1 aliphatic rings. The largest absolute Gasteiger partial charge is 0.354 e. The molecule has 6 heteroatoms. The average Bonchev–Trinajstić information content (AvgIpc) is 3.24. The second kappa shape index (κ2) is 6.24. The average molecular weight is 296 g/mol. The molecule has 1 aromatic rings. The third-order valence-electron chi connectivity index (χ3n) is 3.57. The van der Waals surface area contributed by atoms with Gasteiger partial charge in [-0.15, -0.1) is 0 Å². The van der Waals surface area contributed by atoms with Gasteiger partial charge in [-0.05, 0) is 30.5 Å². The first-order chi connectivity index (χ1) is 9.55. The number of amides is 2. The second-order valence-corrected chi connectivity index (χ2v) is 5.48. The van der Waals surface area contributed by atoms with E-state index in [1.807, 2.05) is 24.3 Å². The van der Waals surface area contributed by atoms with Crippen molar-refractivity contribution in [1.29, 1.82) is 0 Å². The molecule has 0 bridgehead atoms. The SMILES string of the molecule is NCC(=O)NCC(=O)NCC1(c2ccc(Cl)cc2)CC1. The van der Waals surface area contributed by atoms with Gasteiger partial charge < -0.3 is 16.4 Å². The maximum atomic E-state index is 11.6. The van der Waals surface area contributed by atoms with Gasteiger partial charge in [-0.3, -0.25) is 9.59 Å². The van der Waals surface area contributed by atoms with Crippen molar-refractivity contribution in [3.05, 3.63) is 34.9 Å². The zero-order chi connectivity index (χ0) is 14.6. The summed E-state index contributed by atoms with van der Waals surface area (Å²) in [6.45, 7) is 0.431. The molecular formula is C14H18ClN3O2. The number of carbonyl (C=O) groups is 2. The van der Waals surface area contributed by atoms with Gasteiger partial charge in [0.15, 0.2) is 0 Å². The van der Waals surface area contributed by atoms with Gasteiger partial charge in [-0.2, -0.15) is 0 Å². The Labute approximate surface area is 122 Å². The summed E-state index contributed by atoms with van der Waals surface area (Å²) in [6.07, 6.45) is 2.09. The Morgan fingerprint density at radius 1 is 1.15 bits per heavy atom. The molecule has 108 valence electrons. The molecule has 0 radical (unpaired) electrons. The molecule has 1 saturated carbocycles. The summed E-state index contributed by atoms with van der Waals surface area (Å²) >= 11 is 5.87. The summed E-state index contributed by atoms with van der Waals surface area (Å²) in [5, 5.41) is 6.00. The number of hydrogen-bond acceptors (Lipinski definition) is 3. The Bertz CT molecular complexity index is 498. The van der Waals surface area contributed by atoms with Gasteiger partial charge in [-0.25, -0.2) is 0 Å². The highest BCUT2D eigenvalue weighted by molar-refractivity contribution is 6.30. The lowest BCUT2D eigenvalue weighted by molar-refractivity contribution is -0.125. The van der Waals surface area contributed by atoms with Crippen LogP contribution in [0.2, 0.25) is 5.02 Å². The Hall–Kier alpha value is -1.59. The first kappa shape index (κ1) is 14.8. The van der Waals surface area contributed by atoms with Crippen molar-refractivity contribution in [2.45, 2.75) is 18.3 Å². The molecule has 4 N–H and O–H groups in total. The number of carbonyl (C=O) groups excluding carboxylic acids is 2. The summed E-state index contributed by atoms with van der Waals surface area (Å²) in [5.41, 5.74) is 6.36. The van der Waals surface area contributed by atoms with Crippen LogP contribution in [0.5, 0.6) is 0 Å². The van der Waals surface area contributed by atoms with E-state index < -0.39 is 0 Å². The topological polar surface area (TPSA) is 84.2 Å². The van der Waals surface area contributed by atoms with Crippen LogP contribution < -0.4 is 16.4 Å². The number of hydrogen-bond donors (Lipinski definition) is 3. The van der Waals surface area contributed by atoms with E-state index in [2.05, 4.69) is 10.6 Å². The first-order valence-corrected chi connectivity index (χ1v) is 6.93. The molecule has 0 heterocycles. The van der Waals surface area contributed by atoms with Crippen molar-refractivity contribution in [2.75, 3.05) is 19.6 Å².